The van der Waals surface area contributed by atoms with Gasteiger partial charge in [-0.3, -0.25) is 4.90 Å². The number of nitrogens with zero attached hydrogens (tertiary/aromatic N) is 3. The zero-order valence-corrected chi connectivity index (χ0v) is 13.8. The van der Waals surface area contributed by atoms with E-state index in [0.717, 1.165) is 24.1 Å². The van der Waals surface area contributed by atoms with Crippen molar-refractivity contribution in [1.29, 1.82) is 0 Å². The zero-order valence-electron chi connectivity index (χ0n) is 13.0. The number of likely N-dealkylation sites (tertiary alicyclic amines) is 1. The van der Waals surface area contributed by atoms with Gasteiger partial charge in [0.2, 0.25) is 0 Å². The maximum Gasteiger partial charge on any atom is 0.105 e. The van der Waals surface area contributed by atoms with Crippen LogP contribution < -0.4 is 5.32 Å². The third kappa shape index (κ3) is 3.51. The first-order valence-electron chi connectivity index (χ1n) is 8.12. The Morgan fingerprint density at radius 2 is 1.96 bits per heavy atom. The number of piperidine rings is 1. The minimum Gasteiger partial charge on any atom is -0.381 e. The quantitative estimate of drug-likeness (QED) is 0.793. The van der Waals surface area contributed by atoms with E-state index in [2.05, 4.69) is 67.5 Å². The molecule has 1 atom stereocenters. The van der Waals surface area contributed by atoms with Gasteiger partial charge in [-0.05, 0) is 49.2 Å². The fourth-order valence-corrected chi connectivity index (χ4v) is 3.79. The Balaban J connectivity index is 1.40. The topological polar surface area (TPSA) is 41.0 Å². The third-order valence-electron chi connectivity index (χ3n) is 4.37. The van der Waals surface area contributed by atoms with Gasteiger partial charge in [0.25, 0.3) is 0 Å². The van der Waals surface area contributed by atoms with E-state index in [9.17, 15) is 0 Å². The van der Waals surface area contributed by atoms with E-state index in [-0.39, 0.29) is 0 Å². The van der Waals surface area contributed by atoms with Crippen LogP contribution in [0.3, 0.4) is 0 Å². The van der Waals surface area contributed by atoms with Crippen molar-refractivity contribution in [2.24, 2.45) is 0 Å². The molecule has 1 N–H and O–H groups in total. The first kappa shape index (κ1) is 14.6. The Hall–Kier alpha value is -1.98. The first-order chi connectivity index (χ1) is 11.4. The standard InChI is InChI=1S/C18H20N4S/c1-2-5-15(6-3-1)19-16-7-4-10-22(13-16)12-14-8-9-17-18(11-14)21-23-20-17/h1-3,5-6,8-9,11,16,19H,4,7,10,12-13H2. The van der Waals surface area contributed by atoms with Crippen molar-refractivity contribution in [2.75, 3.05) is 18.4 Å². The molecular weight excluding hydrogens is 304 g/mol. The number of aromatic nitrogens is 2. The Labute approximate surface area is 140 Å². The lowest BCUT2D eigenvalue weighted by Gasteiger charge is -2.33. The SMILES string of the molecule is c1ccc(NC2CCCN(Cc3ccc4nsnc4c3)C2)cc1. The number of fused-ring (bicyclic) bond motifs is 1. The van der Waals surface area contributed by atoms with Crippen LogP contribution in [0.5, 0.6) is 0 Å². The second-order valence-corrected chi connectivity index (χ2v) is 6.70. The van der Waals surface area contributed by atoms with Gasteiger partial charge >= 0.3 is 0 Å². The number of rotatable bonds is 4. The summed E-state index contributed by atoms with van der Waals surface area (Å²) in [6.07, 6.45) is 2.48. The van der Waals surface area contributed by atoms with E-state index < -0.39 is 0 Å². The number of anilines is 1. The van der Waals surface area contributed by atoms with Gasteiger partial charge in [-0.25, -0.2) is 0 Å². The summed E-state index contributed by atoms with van der Waals surface area (Å²) in [6.45, 7) is 3.24. The van der Waals surface area contributed by atoms with E-state index >= 15 is 0 Å². The molecule has 3 aromatic rings. The van der Waals surface area contributed by atoms with Crippen LogP contribution in [0.15, 0.2) is 48.5 Å². The molecule has 1 saturated heterocycles. The number of nitrogens with one attached hydrogen (secondary N) is 1. The van der Waals surface area contributed by atoms with Crippen molar-refractivity contribution >= 4 is 28.4 Å². The number of hydrogen-bond acceptors (Lipinski definition) is 5. The van der Waals surface area contributed by atoms with Gasteiger partial charge in [0.05, 0.1) is 11.7 Å². The Kier molecular flexibility index (Phi) is 4.22. The van der Waals surface area contributed by atoms with E-state index in [1.807, 2.05) is 0 Å². The highest BCUT2D eigenvalue weighted by atomic mass is 32.1. The van der Waals surface area contributed by atoms with Gasteiger partial charge in [0.15, 0.2) is 0 Å². The average molecular weight is 324 g/mol. The molecule has 1 unspecified atom stereocenters. The van der Waals surface area contributed by atoms with Gasteiger partial charge in [-0.1, -0.05) is 24.3 Å². The van der Waals surface area contributed by atoms with Crippen molar-refractivity contribution in [3.8, 4) is 0 Å². The van der Waals surface area contributed by atoms with E-state index in [4.69, 9.17) is 0 Å². The zero-order chi connectivity index (χ0) is 15.5. The summed E-state index contributed by atoms with van der Waals surface area (Å²) >= 11 is 1.29. The van der Waals surface area contributed by atoms with Crippen LogP contribution in [-0.4, -0.2) is 32.8 Å². The Morgan fingerprint density at radius 3 is 2.87 bits per heavy atom. The van der Waals surface area contributed by atoms with Crippen LogP contribution in [0.4, 0.5) is 5.69 Å². The van der Waals surface area contributed by atoms with Crippen molar-refractivity contribution in [3.63, 3.8) is 0 Å². The molecule has 118 valence electrons. The van der Waals surface area contributed by atoms with Crippen LogP contribution >= 0.6 is 11.7 Å². The number of hydrogen-bond donors (Lipinski definition) is 1. The summed E-state index contributed by atoms with van der Waals surface area (Å²) in [7, 11) is 0. The normalized spacial score (nSPS) is 19.0. The van der Waals surface area contributed by atoms with Crippen molar-refractivity contribution in [3.05, 3.63) is 54.1 Å². The van der Waals surface area contributed by atoms with E-state index in [0.29, 0.717) is 6.04 Å². The summed E-state index contributed by atoms with van der Waals surface area (Å²) < 4.78 is 8.62. The molecule has 0 bridgehead atoms. The molecule has 2 aromatic carbocycles. The molecule has 4 nitrogen and oxygen atoms in total. The fourth-order valence-electron chi connectivity index (χ4n) is 3.27. The lowest BCUT2D eigenvalue weighted by molar-refractivity contribution is 0.208. The van der Waals surface area contributed by atoms with Gasteiger partial charge in [-0.2, -0.15) is 8.75 Å². The predicted molar refractivity (Wildman–Crippen MR) is 95.8 cm³/mol. The van der Waals surface area contributed by atoms with Gasteiger partial charge in [0.1, 0.15) is 11.0 Å². The van der Waals surface area contributed by atoms with Crippen molar-refractivity contribution in [1.82, 2.24) is 13.6 Å². The molecule has 1 aromatic heterocycles. The second kappa shape index (κ2) is 6.64. The molecule has 1 aliphatic heterocycles. The molecule has 23 heavy (non-hydrogen) atoms. The van der Waals surface area contributed by atoms with Crippen molar-refractivity contribution < 1.29 is 0 Å². The minimum atomic E-state index is 0.524. The number of benzene rings is 2. The highest BCUT2D eigenvalue weighted by molar-refractivity contribution is 7.00. The monoisotopic (exact) mass is 324 g/mol. The molecule has 0 spiro atoms. The molecule has 4 rings (SSSR count). The summed E-state index contributed by atoms with van der Waals surface area (Å²) in [5, 5.41) is 3.66. The minimum absolute atomic E-state index is 0.524. The third-order valence-corrected chi connectivity index (χ3v) is 4.93. The molecule has 0 amide bonds. The maximum atomic E-state index is 4.34. The Bertz CT molecular complexity index is 771. The van der Waals surface area contributed by atoms with Gasteiger partial charge in [-0.15, -0.1) is 0 Å². The van der Waals surface area contributed by atoms with E-state index in [1.54, 1.807) is 0 Å². The molecule has 0 saturated carbocycles. The van der Waals surface area contributed by atoms with Crippen LogP contribution in [0.25, 0.3) is 11.0 Å². The molecule has 1 fully saturated rings. The molecule has 2 heterocycles. The molecular formula is C18H20N4S. The van der Waals surface area contributed by atoms with Crippen LogP contribution in [0.1, 0.15) is 18.4 Å². The molecule has 1 aliphatic rings. The number of para-hydroxylation sites is 1. The average Bonchev–Trinajstić information content (AvgIpc) is 3.04. The first-order valence-corrected chi connectivity index (χ1v) is 8.85. The largest absolute Gasteiger partial charge is 0.381 e. The highest BCUT2D eigenvalue weighted by Crippen LogP contribution is 2.19. The summed E-state index contributed by atoms with van der Waals surface area (Å²) in [6, 6.07) is 17.5. The van der Waals surface area contributed by atoms with Gasteiger partial charge in [0, 0.05) is 24.8 Å². The van der Waals surface area contributed by atoms with Gasteiger partial charge < -0.3 is 5.32 Å². The smallest absolute Gasteiger partial charge is 0.105 e. The lowest BCUT2D eigenvalue weighted by Crippen LogP contribution is -2.41. The van der Waals surface area contributed by atoms with Crippen LogP contribution in [0, 0.1) is 0 Å². The highest BCUT2D eigenvalue weighted by Gasteiger charge is 2.19. The second-order valence-electron chi connectivity index (χ2n) is 6.17. The fraction of sp³-hybridized carbons (Fsp3) is 0.333. The molecule has 5 heteroatoms. The van der Waals surface area contributed by atoms with Crippen LogP contribution in [-0.2, 0) is 6.54 Å². The van der Waals surface area contributed by atoms with E-state index in [1.165, 1.54) is 42.4 Å². The Morgan fingerprint density at radius 1 is 1.09 bits per heavy atom. The summed E-state index contributed by atoms with van der Waals surface area (Å²) in [5.74, 6) is 0. The molecule has 0 aliphatic carbocycles. The maximum absolute atomic E-state index is 4.34. The lowest BCUT2D eigenvalue weighted by atomic mass is 10.0. The van der Waals surface area contributed by atoms with Crippen LogP contribution in [0.2, 0.25) is 0 Å². The summed E-state index contributed by atoms with van der Waals surface area (Å²) in [5.41, 5.74) is 4.56. The molecule has 0 radical (unpaired) electrons. The predicted octanol–water partition coefficient (Wildman–Crippen LogP) is 3.77. The van der Waals surface area contributed by atoms with Crippen molar-refractivity contribution in [2.45, 2.75) is 25.4 Å². The summed E-state index contributed by atoms with van der Waals surface area (Å²) in [4.78, 5) is 2.53.